The summed E-state index contributed by atoms with van der Waals surface area (Å²) in [6.45, 7) is 2.26. The topological polar surface area (TPSA) is 12.4 Å². The molecule has 1 fully saturated rings. The lowest BCUT2D eigenvalue weighted by Crippen LogP contribution is -2.13. The second kappa shape index (κ2) is 12.6. The average Bonchev–Trinajstić information content (AvgIpc) is 2.81. The lowest BCUT2D eigenvalue weighted by molar-refractivity contribution is 0.302. The van der Waals surface area contributed by atoms with Gasteiger partial charge in [-0.2, -0.15) is 4.99 Å². The predicted molar refractivity (Wildman–Crippen MR) is 132 cm³/mol. The van der Waals surface area contributed by atoms with Crippen LogP contribution >= 0.6 is 12.2 Å². The largest absolute Gasteiger partial charge is 0.206 e. The van der Waals surface area contributed by atoms with Crippen LogP contribution in [0.4, 0.5) is 14.5 Å². The van der Waals surface area contributed by atoms with Crippen LogP contribution in [-0.2, 0) is 0 Å². The molecule has 0 radical (unpaired) electrons. The molecule has 0 spiro atoms. The minimum Gasteiger partial charge on any atom is -0.206 e. The molecule has 1 aliphatic carbocycles. The van der Waals surface area contributed by atoms with E-state index in [-0.39, 0.29) is 11.3 Å². The Labute approximate surface area is 196 Å². The van der Waals surface area contributed by atoms with Gasteiger partial charge in [-0.15, -0.1) is 0 Å². The third-order valence-electron chi connectivity index (χ3n) is 6.49. The molecule has 1 aliphatic rings. The minimum absolute atomic E-state index is 0.00270. The Morgan fingerprint density at radius 3 is 2.31 bits per heavy atom. The molecule has 0 heterocycles. The monoisotopic (exact) mass is 451 g/mol. The number of aliphatic imine (C=N–C) groups is 1. The van der Waals surface area contributed by atoms with E-state index in [1.807, 2.05) is 17.3 Å². The van der Waals surface area contributed by atoms with Crippen molar-refractivity contribution in [3.63, 3.8) is 0 Å². The molecule has 1 saturated carbocycles. The molecule has 32 heavy (non-hydrogen) atoms. The van der Waals surface area contributed by atoms with Gasteiger partial charge in [0.1, 0.15) is 11.5 Å². The first-order valence-corrected chi connectivity index (χ1v) is 12.2. The number of rotatable bonds is 8. The molecule has 0 unspecified atom stereocenters. The van der Waals surface area contributed by atoms with E-state index >= 15 is 0 Å². The standard InChI is InChI=1S/C28H31F2NS/c1-2-3-4-5-6-7-21-8-13-23(14-9-21)24-15-10-22(11-16-24)12-17-25-18-27(30)28(31-20-32)19-26(25)29/h10-11,15-16,18-19,21,23H,2-9,13-14H2,1H3. The van der Waals surface area contributed by atoms with Gasteiger partial charge in [0.25, 0.3) is 0 Å². The molecule has 0 bridgehead atoms. The van der Waals surface area contributed by atoms with Gasteiger partial charge in [-0.1, -0.05) is 69.4 Å². The summed E-state index contributed by atoms with van der Waals surface area (Å²) in [7, 11) is 0. The SMILES string of the molecule is CCCCCCCC1CCC(c2ccc(C#Cc3cc(F)c(N=C=S)cc3F)cc2)CC1. The molecular formula is C28H31F2NS. The fraction of sp³-hybridized carbons (Fsp3) is 0.464. The van der Waals surface area contributed by atoms with Crippen LogP contribution in [-0.4, -0.2) is 5.16 Å². The number of nitrogens with zero attached hydrogens (tertiary/aromatic N) is 1. The van der Waals surface area contributed by atoms with Gasteiger partial charge in [-0.3, -0.25) is 0 Å². The zero-order valence-electron chi connectivity index (χ0n) is 18.8. The van der Waals surface area contributed by atoms with Crippen LogP contribution in [0.5, 0.6) is 0 Å². The summed E-state index contributed by atoms with van der Waals surface area (Å²) in [4.78, 5) is 3.51. The number of hydrogen-bond acceptors (Lipinski definition) is 2. The third kappa shape index (κ3) is 7.09. The van der Waals surface area contributed by atoms with Crippen molar-refractivity contribution in [3.8, 4) is 11.8 Å². The summed E-state index contributed by atoms with van der Waals surface area (Å²) >= 11 is 4.44. The van der Waals surface area contributed by atoms with Gasteiger partial charge in [-0.05, 0) is 73.5 Å². The highest BCUT2D eigenvalue weighted by Gasteiger charge is 2.21. The van der Waals surface area contributed by atoms with E-state index in [0.717, 1.165) is 23.6 Å². The van der Waals surface area contributed by atoms with Gasteiger partial charge in [-0.25, -0.2) is 8.78 Å². The van der Waals surface area contributed by atoms with Crippen molar-refractivity contribution in [2.24, 2.45) is 10.9 Å². The fourth-order valence-corrected chi connectivity index (χ4v) is 4.66. The van der Waals surface area contributed by atoms with Crippen LogP contribution in [0.2, 0.25) is 0 Å². The second-order valence-corrected chi connectivity index (χ2v) is 8.96. The predicted octanol–water partition coefficient (Wildman–Crippen LogP) is 8.73. The fourth-order valence-electron chi connectivity index (χ4n) is 4.57. The Kier molecular flexibility index (Phi) is 9.60. The molecule has 3 rings (SSSR count). The third-order valence-corrected chi connectivity index (χ3v) is 6.58. The van der Waals surface area contributed by atoms with E-state index in [1.54, 1.807) is 0 Å². The first-order valence-electron chi connectivity index (χ1n) is 11.8. The van der Waals surface area contributed by atoms with Crippen molar-refractivity contribution in [1.29, 1.82) is 0 Å². The molecule has 2 aromatic carbocycles. The van der Waals surface area contributed by atoms with Crippen LogP contribution in [0.25, 0.3) is 0 Å². The van der Waals surface area contributed by atoms with Gasteiger partial charge in [0, 0.05) is 11.6 Å². The number of hydrogen-bond donors (Lipinski definition) is 0. The summed E-state index contributed by atoms with van der Waals surface area (Å²) in [5, 5.41) is 2.04. The lowest BCUT2D eigenvalue weighted by Gasteiger charge is -2.29. The normalized spacial score (nSPS) is 17.8. The summed E-state index contributed by atoms with van der Waals surface area (Å²) in [6, 6.07) is 10.2. The molecule has 168 valence electrons. The zero-order chi connectivity index (χ0) is 22.8. The molecule has 0 N–H and O–H groups in total. The first-order chi connectivity index (χ1) is 15.6. The van der Waals surface area contributed by atoms with E-state index in [4.69, 9.17) is 0 Å². The van der Waals surface area contributed by atoms with Gasteiger partial charge in [0.2, 0.25) is 0 Å². The van der Waals surface area contributed by atoms with Crippen LogP contribution in [0.1, 0.15) is 93.7 Å². The average molecular weight is 452 g/mol. The van der Waals surface area contributed by atoms with Crippen LogP contribution < -0.4 is 0 Å². The lowest BCUT2D eigenvalue weighted by atomic mass is 9.77. The maximum Gasteiger partial charge on any atom is 0.151 e. The van der Waals surface area contributed by atoms with E-state index < -0.39 is 11.6 Å². The molecule has 4 heteroatoms. The van der Waals surface area contributed by atoms with E-state index in [0.29, 0.717) is 5.92 Å². The second-order valence-electron chi connectivity index (χ2n) is 8.78. The zero-order valence-corrected chi connectivity index (χ0v) is 19.6. The van der Waals surface area contributed by atoms with Gasteiger partial charge >= 0.3 is 0 Å². The Morgan fingerprint density at radius 1 is 0.906 bits per heavy atom. The molecule has 0 aliphatic heterocycles. The molecule has 0 amide bonds. The van der Waals surface area contributed by atoms with Crippen molar-refractivity contribution >= 4 is 23.1 Å². The molecule has 0 atom stereocenters. The molecule has 0 saturated heterocycles. The number of benzene rings is 2. The van der Waals surface area contributed by atoms with Crippen molar-refractivity contribution in [2.75, 3.05) is 0 Å². The summed E-state index contributed by atoms with van der Waals surface area (Å²) in [5.74, 6) is 5.88. The molecular weight excluding hydrogens is 420 g/mol. The van der Waals surface area contributed by atoms with Crippen molar-refractivity contribution < 1.29 is 8.78 Å². The van der Waals surface area contributed by atoms with E-state index in [2.05, 4.69) is 48.1 Å². The van der Waals surface area contributed by atoms with Gasteiger partial charge in [0.05, 0.1) is 10.7 Å². The summed E-state index contributed by atoms with van der Waals surface area (Å²) < 4.78 is 28.1. The van der Waals surface area contributed by atoms with Crippen molar-refractivity contribution in [3.05, 3.63) is 64.7 Å². The molecule has 0 aromatic heterocycles. The van der Waals surface area contributed by atoms with E-state index in [9.17, 15) is 8.78 Å². The van der Waals surface area contributed by atoms with Crippen LogP contribution in [0.3, 0.4) is 0 Å². The van der Waals surface area contributed by atoms with Crippen LogP contribution in [0, 0.1) is 29.4 Å². The number of thiocarbonyl (C=S) groups is 1. The quantitative estimate of drug-likeness (QED) is 0.169. The maximum atomic E-state index is 14.1. The Bertz CT molecular complexity index is 989. The summed E-state index contributed by atoms with van der Waals surface area (Å²) in [6.07, 6.45) is 13.4. The first kappa shape index (κ1) is 24.3. The smallest absolute Gasteiger partial charge is 0.151 e. The highest BCUT2D eigenvalue weighted by atomic mass is 32.1. The summed E-state index contributed by atoms with van der Waals surface area (Å²) in [5.41, 5.74) is 1.98. The van der Waals surface area contributed by atoms with Gasteiger partial charge in [0.15, 0.2) is 5.82 Å². The highest BCUT2D eigenvalue weighted by molar-refractivity contribution is 7.78. The Hall–Kier alpha value is -2.34. The highest BCUT2D eigenvalue weighted by Crippen LogP contribution is 2.37. The minimum atomic E-state index is -0.667. The van der Waals surface area contributed by atoms with Crippen molar-refractivity contribution in [2.45, 2.75) is 77.0 Å². The maximum absolute atomic E-state index is 14.1. The number of unbranched alkanes of at least 4 members (excludes halogenated alkanes) is 4. The van der Waals surface area contributed by atoms with Gasteiger partial charge < -0.3 is 0 Å². The Morgan fingerprint density at radius 2 is 1.62 bits per heavy atom. The van der Waals surface area contributed by atoms with E-state index in [1.165, 1.54) is 69.8 Å². The number of isothiocyanates is 1. The molecule has 1 nitrogen and oxygen atoms in total. The Balaban J connectivity index is 1.54. The number of halogens is 2. The molecule has 2 aromatic rings. The van der Waals surface area contributed by atoms with Crippen molar-refractivity contribution in [1.82, 2.24) is 0 Å². The van der Waals surface area contributed by atoms with Crippen LogP contribution in [0.15, 0.2) is 41.4 Å².